The van der Waals surface area contributed by atoms with Gasteiger partial charge in [-0.25, -0.2) is 4.98 Å². The van der Waals surface area contributed by atoms with Crippen LogP contribution in [0.4, 0.5) is 5.13 Å². The van der Waals surface area contributed by atoms with Crippen LogP contribution in [0.15, 0.2) is 47.4 Å². The summed E-state index contributed by atoms with van der Waals surface area (Å²) in [5.41, 5.74) is 2.07. The third kappa shape index (κ3) is 3.61. The molecule has 0 saturated carbocycles. The van der Waals surface area contributed by atoms with Gasteiger partial charge in [0.1, 0.15) is 0 Å². The van der Waals surface area contributed by atoms with Gasteiger partial charge in [0.15, 0.2) is 5.13 Å². The molecule has 0 radical (unpaired) electrons. The zero-order valence-electron chi connectivity index (χ0n) is 11.8. The van der Waals surface area contributed by atoms with E-state index in [2.05, 4.69) is 10.3 Å². The predicted octanol–water partition coefficient (Wildman–Crippen LogP) is 4.99. The molecule has 22 heavy (non-hydrogen) atoms. The van der Waals surface area contributed by atoms with Crippen LogP contribution in [0.1, 0.15) is 5.56 Å². The summed E-state index contributed by atoms with van der Waals surface area (Å²) in [4.78, 5) is 17.5. The number of amides is 1. The topological polar surface area (TPSA) is 42.0 Å². The Morgan fingerprint density at radius 3 is 2.77 bits per heavy atom. The third-order valence-electron chi connectivity index (χ3n) is 3.05. The summed E-state index contributed by atoms with van der Waals surface area (Å²) in [6.45, 7) is 2.02. The molecule has 1 heterocycles. The molecule has 0 unspecified atom stereocenters. The number of carbonyl (C=O) groups is 1. The molecule has 0 aliphatic carbocycles. The first-order chi connectivity index (χ1) is 10.6. The highest BCUT2D eigenvalue weighted by atomic mass is 35.5. The van der Waals surface area contributed by atoms with E-state index in [1.807, 2.05) is 49.4 Å². The molecular formula is C16H13ClN2OS2. The summed E-state index contributed by atoms with van der Waals surface area (Å²) in [7, 11) is 0. The second-order valence-electron chi connectivity index (χ2n) is 4.73. The second kappa shape index (κ2) is 6.69. The van der Waals surface area contributed by atoms with Crippen molar-refractivity contribution in [3.63, 3.8) is 0 Å². The van der Waals surface area contributed by atoms with Gasteiger partial charge in [0, 0.05) is 9.92 Å². The van der Waals surface area contributed by atoms with Crippen LogP contribution in [0, 0.1) is 6.92 Å². The van der Waals surface area contributed by atoms with E-state index in [1.165, 1.54) is 23.1 Å². The lowest BCUT2D eigenvalue weighted by atomic mass is 10.2. The van der Waals surface area contributed by atoms with Crippen LogP contribution >= 0.6 is 34.7 Å². The van der Waals surface area contributed by atoms with Crippen molar-refractivity contribution in [2.24, 2.45) is 0 Å². The summed E-state index contributed by atoms with van der Waals surface area (Å²) in [6.07, 6.45) is 0. The number of hydrogen-bond acceptors (Lipinski definition) is 4. The maximum atomic E-state index is 12.0. The van der Waals surface area contributed by atoms with Crippen molar-refractivity contribution in [1.29, 1.82) is 0 Å². The van der Waals surface area contributed by atoms with Gasteiger partial charge in [-0.2, -0.15) is 0 Å². The van der Waals surface area contributed by atoms with Crippen LogP contribution in [0.2, 0.25) is 5.02 Å². The van der Waals surface area contributed by atoms with Gasteiger partial charge in [-0.05, 0) is 42.8 Å². The van der Waals surface area contributed by atoms with Gasteiger partial charge >= 0.3 is 0 Å². The van der Waals surface area contributed by atoms with Crippen molar-refractivity contribution in [2.75, 3.05) is 11.1 Å². The summed E-state index contributed by atoms with van der Waals surface area (Å²) in [6, 6.07) is 13.5. The number of rotatable bonds is 4. The highest BCUT2D eigenvalue weighted by Crippen LogP contribution is 2.28. The number of thiazole rings is 1. The Kier molecular flexibility index (Phi) is 4.66. The van der Waals surface area contributed by atoms with Gasteiger partial charge in [0.2, 0.25) is 5.91 Å². The number of para-hydroxylation sites is 1. The average Bonchev–Trinajstić information content (AvgIpc) is 2.90. The SMILES string of the molecule is Cc1cccc2sc(NC(=O)CSc3ccc(Cl)cc3)nc12. The first kappa shape index (κ1) is 15.3. The molecule has 2 aromatic carbocycles. The van der Waals surface area contributed by atoms with Gasteiger partial charge in [-0.1, -0.05) is 35.1 Å². The number of fused-ring (bicyclic) bond motifs is 1. The zero-order valence-corrected chi connectivity index (χ0v) is 14.2. The highest BCUT2D eigenvalue weighted by molar-refractivity contribution is 8.00. The molecule has 0 saturated heterocycles. The number of carbonyl (C=O) groups excluding carboxylic acids is 1. The number of aryl methyl sites for hydroxylation is 1. The fourth-order valence-corrected chi connectivity index (χ4v) is 3.76. The molecule has 6 heteroatoms. The molecule has 0 spiro atoms. The predicted molar refractivity (Wildman–Crippen MR) is 95.2 cm³/mol. The Morgan fingerprint density at radius 2 is 2.05 bits per heavy atom. The fourth-order valence-electron chi connectivity index (χ4n) is 1.97. The Hall–Kier alpha value is -1.56. The van der Waals surface area contributed by atoms with E-state index in [-0.39, 0.29) is 5.91 Å². The average molecular weight is 349 g/mol. The molecule has 112 valence electrons. The van der Waals surface area contributed by atoms with Gasteiger partial charge in [-0.3, -0.25) is 4.79 Å². The Bertz CT molecular complexity index is 815. The zero-order chi connectivity index (χ0) is 15.5. The number of nitrogens with one attached hydrogen (secondary N) is 1. The number of benzene rings is 2. The van der Waals surface area contributed by atoms with Gasteiger partial charge < -0.3 is 5.32 Å². The Balaban J connectivity index is 1.63. The number of hydrogen-bond donors (Lipinski definition) is 1. The molecule has 0 atom stereocenters. The third-order valence-corrected chi connectivity index (χ3v) is 5.25. The molecule has 0 aliphatic rings. The van der Waals surface area contributed by atoms with Crippen molar-refractivity contribution < 1.29 is 4.79 Å². The molecule has 0 bridgehead atoms. The van der Waals surface area contributed by atoms with Crippen molar-refractivity contribution in [1.82, 2.24) is 4.98 Å². The number of anilines is 1. The number of thioether (sulfide) groups is 1. The molecule has 0 aliphatic heterocycles. The monoisotopic (exact) mass is 348 g/mol. The summed E-state index contributed by atoms with van der Waals surface area (Å²) < 4.78 is 1.08. The van der Waals surface area contributed by atoms with Crippen LogP contribution in [-0.4, -0.2) is 16.6 Å². The van der Waals surface area contributed by atoms with Crippen LogP contribution in [0.3, 0.4) is 0 Å². The van der Waals surface area contributed by atoms with E-state index in [1.54, 1.807) is 0 Å². The molecule has 1 amide bonds. The molecule has 3 nitrogen and oxygen atoms in total. The first-order valence-corrected chi connectivity index (χ1v) is 8.84. The minimum Gasteiger partial charge on any atom is -0.301 e. The minimum absolute atomic E-state index is 0.0586. The summed E-state index contributed by atoms with van der Waals surface area (Å²) >= 11 is 8.80. The number of aromatic nitrogens is 1. The quantitative estimate of drug-likeness (QED) is 0.675. The molecule has 0 fully saturated rings. The van der Waals surface area contributed by atoms with E-state index < -0.39 is 0 Å². The number of nitrogens with zero attached hydrogens (tertiary/aromatic N) is 1. The maximum absolute atomic E-state index is 12.0. The fraction of sp³-hybridized carbons (Fsp3) is 0.125. The normalized spacial score (nSPS) is 10.8. The lowest BCUT2D eigenvalue weighted by Crippen LogP contribution is -2.13. The van der Waals surface area contributed by atoms with E-state index >= 15 is 0 Å². The largest absolute Gasteiger partial charge is 0.301 e. The Labute approximate surface area is 141 Å². The van der Waals surface area contributed by atoms with E-state index in [0.29, 0.717) is 15.9 Å². The van der Waals surface area contributed by atoms with Crippen LogP contribution in [-0.2, 0) is 4.79 Å². The van der Waals surface area contributed by atoms with Gasteiger partial charge in [-0.15, -0.1) is 11.8 Å². The van der Waals surface area contributed by atoms with Crippen molar-refractivity contribution in [2.45, 2.75) is 11.8 Å². The molecule has 3 rings (SSSR count). The number of halogens is 1. The molecule has 1 N–H and O–H groups in total. The van der Waals surface area contributed by atoms with E-state index in [4.69, 9.17) is 11.6 Å². The molecule has 3 aromatic rings. The van der Waals surface area contributed by atoms with Gasteiger partial charge in [0.25, 0.3) is 0 Å². The molecule has 1 aromatic heterocycles. The summed E-state index contributed by atoms with van der Waals surface area (Å²) in [5.74, 6) is 0.285. The first-order valence-electron chi connectivity index (χ1n) is 6.66. The lowest BCUT2D eigenvalue weighted by molar-refractivity contribution is -0.113. The van der Waals surface area contributed by atoms with E-state index in [0.717, 1.165) is 20.7 Å². The van der Waals surface area contributed by atoms with Crippen LogP contribution in [0.25, 0.3) is 10.2 Å². The minimum atomic E-state index is -0.0586. The van der Waals surface area contributed by atoms with Crippen LogP contribution in [0.5, 0.6) is 0 Å². The van der Waals surface area contributed by atoms with Crippen molar-refractivity contribution in [3.05, 3.63) is 53.1 Å². The molecular weight excluding hydrogens is 336 g/mol. The smallest absolute Gasteiger partial charge is 0.236 e. The second-order valence-corrected chi connectivity index (χ2v) is 7.25. The highest BCUT2D eigenvalue weighted by Gasteiger charge is 2.09. The lowest BCUT2D eigenvalue weighted by Gasteiger charge is -2.02. The van der Waals surface area contributed by atoms with E-state index in [9.17, 15) is 4.79 Å². The standard InChI is InChI=1S/C16H13ClN2OS2/c1-10-3-2-4-13-15(10)19-16(22-13)18-14(20)9-21-12-7-5-11(17)6-8-12/h2-8H,9H2,1H3,(H,18,19,20). The van der Waals surface area contributed by atoms with Crippen molar-refractivity contribution >= 4 is 56.0 Å². The Morgan fingerprint density at radius 1 is 1.27 bits per heavy atom. The maximum Gasteiger partial charge on any atom is 0.236 e. The van der Waals surface area contributed by atoms with Crippen molar-refractivity contribution in [3.8, 4) is 0 Å². The summed E-state index contributed by atoms with van der Waals surface area (Å²) in [5, 5.41) is 4.20. The van der Waals surface area contributed by atoms with Crippen LogP contribution < -0.4 is 5.32 Å². The van der Waals surface area contributed by atoms with Gasteiger partial charge in [0.05, 0.1) is 16.0 Å².